The second kappa shape index (κ2) is 8.47. The summed E-state index contributed by atoms with van der Waals surface area (Å²) in [5.41, 5.74) is 2.76. The van der Waals surface area contributed by atoms with Gasteiger partial charge in [0.05, 0.1) is 24.9 Å². The Kier molecular flexibility index (Phi) is 5.17. The van der Waals surface area contributed by atoms with E-state index < -0.39 is 11.6 Å². The summed E-state index contributed by atoms with van der Waals surface area (Å²) in [5.74, 6) is -0.0700. The molecule has 1 aromatic carbocycles. The maximum absolute atomic E-state index is 15.0. The Labute approximate surface area is 212 Å². The van der Waals surface area contributed by atoms with Gasteiger partial charge in [-0.15, -0.1) is 0 Å². The van der Waals surface area contributed by atoms with E-state index in [-0.39, 0.29) is 17.8 Å². The van der Waals surface area contributed by atoms with Crippen molar-refractivity contribution in [2.24, 2.45) is 7.05 Å². The summed E-state index contributed by atoms with van der Waals surface area (Å²) in [6.45, 7) is 4.95. The van der Waals surface area contributed by atoms with E-state index in [0.29, 0.717) is 41.9 Å². The molecule has 1 aliphatic carbocycles. The Hall–Kier alpha value is -3.60. The molecule has 0 amide bonds. The Balaban J connectivity index is 1.32. The molecule has 9 nitrogen and oxygen atoms in total. The highest BCUT2D eigenvalue weighted by molar-refractivity contribution is 5.90. The molecule has 0 bridgehead atoms. The highest BCUT2D eigenvalue weighted by Gasteiger charge is 2.32. The number of halogens is 2. The molecule has 4 aromatic rings. The molecule has 0 radical (unpaired) electrons. The third-order valence-electron chi connectivity index (χ3n) is 7.48. The number of hydrogen-bond donors (Lipinski definition) is 0. The van der Waals surface area contributed by atoms with Crippen molar-refractivity contribution in [1.82, 2.24) is 29.3 Å². The number of nitrogens with zero attached hydrogens (tertiary/aromatic N) is 8. The number of fused-ring (bicyclic) bond motifs is 1. The average Bonchev–Trinajstić information content (AvgIpc) is 3.48. The van der Waals surface area contributed by atoms with E-state index in [2.05, 4.69) is 21.1 Å². The van der Waals surface area contributed by atoms with Crippen LogP contribution in [0.25, 0.3) is 22.4 Å². The molecule has 3 fully saturated rings. The highest BCUT2D eigenvalue weighted by atomic mass is 19.1. The van der Waals surface area contributed by atoms with Crippen molar-refractivity contribution in [3.8, 4) is 11.3 Å². The van der Waals surface area contributed by atoms with Crippen molar-refractivity contribution in [3.05, 3.63) is 47.8 Å². The van der Waals surface area contributed by atoms with E-state index in [1.54, 1.807) is 0 Å². The molecule has 0 N–H and O–H groups in total. The Morgan fingerprint density at radius 2 is 1.86 bits per heavy atom. The molecule has 5 heterocycles. The number of aromatic nitrogens is 6. The molecule has 7 rings (SSSR count). The topological polar surface area (TPSA) is 77.1 Å². The van der Waals surface area contributed by atoms with Crippen molar-refractivity contribution in [3.63, 3.8) is 0 Å². The van der Waals surface area contributed by atoms with Crippen LogP contribution in [0.1, 0.15) is 43.9 Å². The summed E-state index contributed by atoms with van der Waals surface area (Å²) < 4.78 is 39.0. The van der Waals surface area contributed by atoms with Crippen molar-refractivity contribution in [2.75, 3.05) is 36.0 Å². The van der Waals surface area contributed by atoms with Crippen LogP contribution in [0, 0.1) is 11.6 Å². The number of rotatable bonds is 5. The van der Waals surface area contributed by atoms with Crippen LogP contribution >= 0.6 is 0 Å². The van der Waals surface area contributed by atoms with E-state index in [9.17, 15) is 4.39 Å². The number of aryl methyl sites for hydroxylation is 1. The number of hydrogen-bond acceptors (Lipinski definition) is 7. The monoisotopic (exact) mass is 506 g/mol. The van der Waals surface area contributed by atoms with Gasteiger partial charge in [0, 0.05) is 50.1 Å². The molecule has 0 unspecified atom stereocenters. The van der Waals surface area contributed by atoms with Crippen LogP contribution in [-0.4, -0.2) is 61.6 Å². The fraction of sp³-hybridized carbons (Fsp3) is 0.462. The number of imidazole rings is 1. The Morgan fingerprint density at radius 3 is 2.59 bits per heavy atom. The van der Waals surface area contributed by atoms with Crippen LogP contribution in [0.15, 0.2) is 30.6 Å². The zero-order chi connectivity index (χ0) is 25.3. The van der Waals surface area contributed by atoms with E-state index in [1.807, 2.05) is 29.4 Å². The van der Waals surface area contributed by atoms with Gasteiger partial charge in [0.25, 0.3) is 0 Å². The van der Waals surface area contributed by atoms with Gasteiger partial charge in [-0.25, -0.2) is 13.8 Å². The minimum atomic E-state index is -0.668. The summed E-state index contributed by atoms with van der Waals surface area (Å²) >= 11 is 0. The number of anilines is 2. The molecular formula is C26H28F2N8O. The van der Waals surface area contributed by atoms with Gasteiger partial charge in [-0.2, -0.15) is 15.1 Å². The zero-order valence-electron chi connectivity index (χ0n) is 20.8. The summed E-state index contributed by atoms with van der Waals surface area (Å²) in [6, 6.07) is 4.07. The molecule has 11 heteroatoms. The average molecular weight is 507 g/mol. The van der Waals surface area contributed by atoms with E-state index in [4.69, 9.17) is 19.7 Å². The minimum absolute atomic E-state index is 0.0753. The lowest BCUT2D eigenvalue weighted by molar-refractivity contribution is -0.0178. The van der Waals surface area contributed by atoms with E-state index in [1.165, 1.54) is 12.1 Å². The van der Waals surface area contributed by atoms with Gasteiger partial charge in [0.15, 0.2) is 5.65 Å². The van der Waals surface area contributed by atoms with Gasteiger partial charge in [-0.05, 0) is 38.3 Å². The molecule has 1 saturated carbocycles. The number of morpholine rings is 1. The first kappa shape index (κ1) is 22.6. The van der Waals surface area contributed by atoms with Crippen LogP contribution in [0.4, 0.5) is 20.7 Å². The van der Waals surface area contributed by atoms with Gasteiger partial charge in [-0.1, -0.05) is 0 Å². The third kappa shape index (κ3) is 3.92. The molecular weight excluding hydrogens is 478 g/mol. The van der Waals surface area contributed by atoms with Crippen LogP contribution in [0.5, 0.6) is 0 Å². The normalized spacial score (nSPS) is 22.1. The predicted octanol–water partition coefficient (Wildman–Crippen LogP) is 4.02. The van der Waals surface area contributed by atoms with Gasteiger partial charge in [-0.3, -0.25) is 4.68 Å². The molecule has 0 spiro atoms. The minimum Gasteiger partial charge on any atom is -0.367 e. The van der Waals surface area contributed by atoms with Crippen LogP contribution < -0.4 is 9.80 Å². The molecule has 3 aliphatic rings. The quantitative estimate of drug-likeness (QED) is 0.405. The maximum Gasteiger partial charge on any atom is 0.228 e. The summed E-state index contributed by atoms with van der Waals surface area (Å²) in [5, 5.41) is 4.53. The number of ether oxygens (including phenoxy) is 1. The first-order chi connectivity index (χ1) is 17.9. The smallest absolute Gasteiger partial charge is 0.228 e. The molecule has 37 heavy (non-hydrogen) atoms. The van der Waals surface area contributed by atoms with Crippen molar-refractivity contribution < 1.29 is 13.5 Å². The van der Waals surface area contributed by atoms with Gasteiger partial charge >= 0.3 is 0 Å². The molecule has 2 aliphatic heterocycles. The van der Waals surface area contributed by atoms with Crippen molar-refractivity contribution in [2.45, 2.75) is 44.4 Å². The fourth-order valence-electron chi connectivity index (χ4n) is 5.25. The zero-order valence-corrected chi connectivity index (χ0v) is 20.8. The molecule has 192 valence electrons. The van der Waals surface area contributed by atoms with E-state index in [0.717, 1.165) is 49.9 Å². The summed E-state index contributed by atoms with van der Waals surface area (Å²) in [7, 11) is 1.89. The van der Waals surface area contributed by atoms with Crippen molar-refractivity contribution >= 4 is 23.1 Å². The third-order valence-corrected chi connectivity index (χ3v) is 7.48. The first-order valence-electron chi connectivity index (χ1n) is 12.8. The second-order valence-electron chi connectivity index (χ2n) is 10.3. The van der Waals surface area contributed by atoms with E-state index >= 15 is 4.39 Å². The SMILES string of the molecule is C[C@H]1CN(c2nc(-c3ccc(F)cc3F)c3c(n2)nc(N2CCC2)n3C)C[C@@H](c2cnn(C3CC3)c2)O1. The molecule has 3 aromatic heterocycles. The van der Waals surface area contributed by atoms with Gasteiger partial charge in [0.2, 0.25) is 11.9 Å². The van der Waals surface area contributed by atoms with Crippen molar-refractivity contribution in [1.29, 1.82) is 0 Å². The number of benzene rings is 1. The lowest BCUT2D eigenvalue weighted by atomic mass is 10.1. The lowest BCUT2D eigenvalue weighted by Gasteiger charge is -2.36. The molecule has 2 saturated heterocycles. The second-order valence-corrected chi connectivity index (χ2v) is 10.3. The fourth-order valence-corrected chi connectivity index (χ4v) is 5.25. The van der Waals surface area contributed by atoms with Gasteiger partial charge < -0.3 is 19.1 Å². The maximum atomic E-state index is 15.0. The van der Waals surface area contributed by atoms with Gasteiger partial charge in [0.1, 0.15) is 28.9 Å². The van der Waals surface area contributed by atoms with Crippen LogP contribution in [0.2, 0.25) is 0 Å². The largest absolute Gasteiger partial charge is 0.367 e. The van der Waals surface area contributed by atoms with Crippen LogP contribution in [-0.2, 0) is 11.8 Å². The Morgan fingerprint density at radius 1 is 1.03 bits per heavy atom. The Bertz CT molecular complexity index is 1490. The standard InChI is InChI=1S/C26H28F2N8O/c1-15-12-35(14-21(37-15)16-11-29-36(13-16)18-5-6-18)25-30-22(19-7-4-17(27)10-20(19)28)23-24(31-25)32-26(33(23)2)34-8-3-9-34/h4,7,10-11,13,15,18,21H,3,5-6,8-9,12,14H2,1-2H3/t15-,21-/m0/s1. The first-order valence-corrected chi connectivity index (χ1v) is 12.8. The van der Waals surface area contributed by atoms with Crippen LogP contribution in [0.3, 0.4) is 0 Å². The summed E-state index contributed by atoms with van der Waals surface area (Å²) in [4.78, 5) is 18.8. The predicted molar refractivity (Wildman–Crippen MR) is 134 cm³/mol. The summed E-state index contributed by atoms with van der Waals surface area (Å²) in [6.07, 6.45) is 7.10. The lowest BCUT2D eigenvalue weighted by Crippen LogP contribution is -2.43. The molecule has 2 atom stereocenters. The highest BCUT2D eigenvalue weighted by Crippen LogP contribution is 2.37.